The molecule has 0 bridgehead atoms. The lowest BCUT2D eigenvalue weighted by Gasteiger charge is -2.29. The first-order valence-electron chi connectivity index (χ1n) is 44.3. The number of benzene rings is 21. The van der Waals surface area contributed by atoms with Gasteiger partial charge in [0.25, 0.3) is 0 Å². The van der Waals surface area contributed by atoms with Crippen molar-refractivity contribution in [3.8, 4) is 77.9 Å². The second-order valence-electron chi connectivity index (χ2n) is 31.7. The monoisotopic (exact) mass is 1640 g/mol. The Morgan fingerprint density at radius 2 is 0.637 bits per heavy atom. The molecule has 25 aromatic rings. The van der Waals surface area contributed by atoms with E-state index in [1.165, 1.54) is 110 Å². The van der Waals surface area contributed by atoms with Crippen molar-refractivity contribution < 1.29 is 11.3 Å². The summed E-state index contributed by atoms with van der Waals surface area (Å²) in [4.78, 5) is 4.74. The molecule has 0 fully saturated rings. The Hall–Kier alpha value is -15.3. The summed E-state index contributed by atoms with van der Waals surface area (Å²) in [6.07, 6.45) is 0. The summed E-state index contributed by atoms with van der Waals surface area (Å²) in [6.45, 7) is 0. The van der Waals surface area contributed by atoms with E-state index in [9.17, 15) is 0 Å². The number of thiophene rings is 3. The third-order valence-corrected chi connectivity index (χ3v) is 28.0. The highest BCUT2D eigenvalue weighted by molar-refractivity contribution is 7.26. The van der Waals surface area contributed by atoms with Gasteiger partial charge in [-0.1, -0.05) is 340 Å². The second kappa shape index (κ2) is 30.5. The number of rotatable bonds is 13. The van der Waals surface area contributed by atoms with Crippen molar-refractivity contribution in [3.63, 3.8) is 0 Å². The summed E-state index contributed by atoms with van der Waals surface area (Å²) >= 11 is 5.48. The first kappa shape index (κ1) is 67.5. The van der Waals surface area contributed by atoms with E-state index in [0.717, 1.165) is 117 Å². The predicted octanol–water partition coefficient (Wildman–Crippen LogP) is 35.6. The van der Waals surface area contributed by atoms with Crippen molar-refractivity contribution in [2.45, 2.75) is 0 Å². The summed E-state index contributed by atoms with van der Waals surface area (Å²) < 4.78 is 57.3. The minimum absolute atomic E-state index is 0.189. The van der Waals surface area contributed by atoms with Crippen LogP contribution in [-0.4, -0.2) is 0 Å². The van der Waals surface area contributed by atoms with Gasteiger partial charge in [-0.25, -0.2) is 0 Å². The average molecular weight is 1640 g/mol. The molecule has 0 unspecified atom stereocenters. The van der Waals surface area contributed by atoms with Gasteiger partial charge in [0.2, 0.25) is 0 Å². The molecular weight excluding hydrogens is 1560 g/mol. The lowest BCUT2D eigenvalue weighted by molar-refractivity contribution is 0.669. The predicted molar refractivity (Wildman–Crippen MR) is 536 cm³/mol. The number of anilines is 6. The van der Waals surface area contributed by atoms with E-state index in [1.54, 1.807) is 11.3 Å². The molecule has 0 N–H and O–H groups in total. The van der Waals surface area contributed by atoms with Gasteiger partial charge >= 0.3 is 0 Å². The van der Waals surface area contributed by atoms with E-state index in [0.29, 0.717) is 5.56 Å². The van der Waals surface area contributed by atoms with Crippen molar-refractivity contribution in [2.75, 3.05) is 9.80 Å². The largest absolute Gasteiger partial charge is 0.456 e. The average Bonchev–Trinajstić information content (AvgIpc) is 1.63. The summed E-state index contributed by atoms with van der Waals surface area (Å²) in [5.41, 5.74) is 22.6. The van der Waals surface area contributed by atoms with E-state index >= 15 is 0 Å². The van der Waals surface area contributed by atoms with E-state index in [-0.39, 0.29) is 29.7 Å². The van der Waals surface area contributed by atoms with Crippen LogP contribution in [0.4, 0.5) is 34.1 Å². The molecule has 3 nitrogen and oxygen atoms in total. The van der Waals surface area contributed by atoms with Gasteiger partial charge in [-0.05, 0) is 213 Å². The number of furan rings is 1. The summed E-state index contributed by atoms with van der Waals surface area (Å²) in [5, 5.41) is 18.6. The van der Waals surface area contributed by atoms with Crippen molar-refractivity contribution in [3.05, 3.63) is 449 Å². The van der Waals surface area contributed by atoms with Gasteiger partial charge in [0.1, 0.15) is 11.2 Å². The van der Waals surface area contributed by atoms with Gasteiger partial charge in [-0.15, -0.1) is 34.0 Å². The van der Waals surface area contributed by atoms with E-state index in [2.05, 4.69) is 398 Å². The molecule has 21 aromatic carbocycles. The van der Waals surface area contributed by atoms with Gasteiger partial charge in [-0.2, -0.15) is 0 Å². The van der Waals surface area contributed by atoms with Gasteiger partial charge in [0, 0.05) is 111 Å². The van der Waals surface area contributed by atoms with Crippen molar-refractivity contribution >= 4 is 194 Å². The topological polar surface area (TPSA) is 19.6 Å². The van der Waals surface area contributed by atoms with Crippen molar-refractivity contribution in [2.24, 2.45) is 0 Å². The van der Waals surface area contributed by atoms with Crippen LogP contribution in [0.1, 0.15) is 6.85 Å². The zero-order valence-corrected chi connectivity index (χ0v) is 69.3. The fourth-order valence-corrected chi connectivity index (χ4v) is 22.2. The first-order chi connectivity index (χ1) is 63.5. The fraction of sp³-hybridized carbons (Fsp3) is 0. The molecule has 25 rings (SSSR count). The maximum atomic E-state index is 8.90. The Labute approximate surface area is 736 Å². The Morgan fingerprint density at radius 3 is 1.32 bits per heavy atom. The second-order valence-corrected chi connectivity index (χ2v) is 35.0. The molecule has 124 heavy (non-hydrogen) atoms. The molecule has 0 amide bonds. The molecule has 580 valence electrons. The lowest BCUT2D eigenvalue weighted by Crippen LogP contribution is -2.11. The van der Waals surface area contributed by atoms with Crippen LogP contribution in [0.5, 0.6) is 0 Å². The smallest absolute Gasteiger partial charge is 0.137 e. The van der Waals surface area contributed by atoms with Crippen molar-refractivity contribution in [1.82, 2.24) is 0 Å². The third kappa shape index (κ3) is 12.8. The van der Waals surface area contributed by atoms with E-state index in [1.807, 2.05) is 53.0 Å². The number of hydrogen-bond donors (Lipinski definition) is 0. The fourth-order valence-electron chi connectivity index (χ4n) is 18.8. The van der Waals surface area contributed by atoms with E-state index < -0.39 is 6.04 Å². The molecule has 4 heterocycles. The molecule has 6 heteroatoms. The van der Waals surface area contributed by atoms with Crippen LogP contribution >= 0.6 is 34.0 Å². The number of hydrogen-bond acceptors (Lipinski definition) is 6. The Bertz CT molecular complexity index is 8810. The van der Waals surface area contributed by atoms with Crippen LogP contribution < -0.4 is 9.80 Å². The molecule has 0 saturated carbocycles. The minimum Gasteiger partial charge on any atom is -0.456 e. The summed E-state index contributed by atoms with van der Waals surface area (Å²) in [5.74, 6) is 0. The molecule has 0 radical (unpaired) electrons. The zero-order valence-electron chi connectivity index (χ0n) is 71.9. The Kier molecular flexibility index (Phi) is 16.6. The summed E-state index contributed by atoms with van der Waals surface area (Å²) in [7, 11) is 0. The minimum atomic E-state index is -0.403. The summed E-state index contributed by atoms with van der Waals surface area (Å²) in [6, 6.07) is 149. The first-order valence-corrected chi connectivity index (χ1v) is 44.3. The molecule has 0 aliphatic carbocycles. The molecule has 0 saturated heterocycles. The molecule has 0 aliphatic heterocycles. The van der Waals surface area contributed by atoms with Crippen LogP contribution in [0.25, 0.3) is 203 Å². The number of nitrogens with zero attached hydrogens (tertiary/aromatic N) is 2. The van der Waals surface area contributed by atoms with Gasteiger partial charge < -0.3 is 14.2 Å². The SMILES string of the molecule is [2H]c1c([2H])c([2H])c(-c2ccc(N(c3ccc4c(c3)sc3ccc5ccccc5c34)c3ccc(-c4ccc5c(c4)sc4ccccc45)c4ccccc34)c3ccccc23)c([2H])c1[2H].c1ccc(-c2ccc(-c3cccc(N(c4cc(-c5ccc(-c6ccccc6)cc5)cc(-c5cccc6sc7ccccc7c56)c4)c4ccc5c(c4)oc4ccc6ccccc6c45)c3)cc2)cc1. The molecular formula is C118H74N2OS3. The normalized spacial score (nSPS) is 12.3. The van der Waals surface area contributed by atoms with E-state index in [4.69, 9.17) is 11.3 Å². The molecule has 0 aliphatic rings. The van der Waals surface area contributed by atoms with Crippen molar-refractivity contribution in [1.29, 1.82) is 0 Å². The Balaban J connectivity index is 0.000000144. The van der Waals surface area contributed by atoms with Gasteiger partial charge in [-0.3, -0.25) is 0 Å². The van der Waals surface area contributed by atoms with Crippen LogP contribution in [-0.2, 0) is 0 Å². The highest BCUT2D eigenvalue weighted by Crippen LogP contribution is 2.52. The Morgan fingerprint density at radius 1 is 0.194 bits per heavy atom. The highest BCUT2D eigenvalue weighted by Gasteiger charge is 2.26. The molecule has 0 spiro atoms. The van der Waals surface area contributed by atoms with Gasteiger partial charge in [0.15, 0.2) is 0 Å². The third-order valence-electron chi connectivity index (χ3n) is 24.6. The standard InChI is InChI=1S/C64H41NOS.C54H33NS2/c1-3-13-42(14-4-1)44-25-29-46(30-26-44)49-18-11-19-52(38-49)65(53-34-35-57-60(41-53)66-59-36-33-48-17-7-8-20-55(48)63(57)59)54-39-50(47-31-27-45(28-32-47)43-15-5-2-6-16-43)37-51(40-54)56-22-12-24-62-64(56)58-21-9-10-23-61(58)67-62;1-2-12-34(13-3-1)38-27-29-48(43-18-8-6-16-41(38)43)55(37-24-26-47-53(33-37)57-51-31-23-35-14-4-5-15-40(35)54(47)51)49-30-28-39(42-17-7-9-19-44(42)49)36-22-25-46-45-20-10-11-21-50(45)56-52(46)32-36/h1-41H;1-33H/i;1D,2D,3D,12D,13D. The van der Waals surface area contributed by atoms with Crippen LogP contribution in [0, 0.1) is 0 Å². The maximum Gasteiger partial charge on any atom is 0.137 e. The zero-order chi connectivity index (χ0) is 86.1. The maximum absolute atomic E-state index is 8.90. The quantitative estimate of drug-likeness (QED) is 0.115. The lowest BCUT2D eigenvalue weighted by atomic mass is 9.93. The van der Waals surface area contributed by atoms with Crippen LogP contribution in [0.15, 0.2) is 453 Å². The molecule has 4 aromatic heterocycles. The molecule has 0 atom stereocenters. The highest BCUT2D eigenvalue weighted by atomic mass is 32.1. The number of fused-ring (bicyclic) bond motifs is 18. The van der Waals surface area contributed by atoms with Gasteiger partial charge in [0.05, 0.1) is 18.2 Å². The van der Waals surface area contributed by atoms with Crippen LogP contribution in [0.2, 0.25) is 0 Å². The van der Waals surface area contributed by atoms with Crippen LogP contribution in [0.3, 0.4) is 0 Å².